The molecule has 2 bridgehead atoms. The molecule has 2 saturated heterocycles. The van der Waals surface area contributed by atoms with E-state index in [2.05, 4.69) is 13.0 Å². The van der Waals surface area contributed by atoms with Crippen LogP contribution >= 0.6 is 0 Å². The number of hydrogen-bond acceptors (Lipinski definition) is 6. The van der Waals surface area contributed by atoms with Crippen LogP contribution in [0.5, 0.6) is 17.2 Å². The minimum atomic E-state index is -0.823. The SMILES string of the molecule is COc1cc(OCc2ccccc2)c(OC)c2c1[C@H]1OC(=O)[C@]3(CC/C=C(/C)C2)O[C@H]13. The lowest BCUT2D eigenvalue weighted by Gasteiger charge is -2.24. The number of hydrogen-bond donors (Lipinski definition) is 0. The van der Waals surface area contributed by atoms with Gasteiger partial charge in [-0.3, -0.25) is 0 Å². The summed E-state index contributed by atoms with van der Waals surface area (Å²) < 4.78 is 29.5. The first-order valence-electron chi connectivity index (χ1n) is 10.6. The molecule has 0 amide bonds. The van der Waals surface area contributed by atoms with Crippen molar-refractivity contribution in [2.75, 3.05) is 14.2 Å². The maximum atomic E-state index is 12.7. The van der Waals surface area contributed by atoms with Crippen molar-refractivity contribution in [3.8, 4) is 17.2 Å². The molecule has 2 fully saturated rings. The molecule has 2 aromatic rings. The highest BCUT2D eigenvalue weighted by molar-refractivity contribution is 5.87. The maximum absolute atomic E-state index is 12.7. The highest BCUT2D eigenvalue weighted by Crippen LogP contribution is 2.59. The van der Waals surface area contributed by atoms with E-state index in [0.717, 1.165) is 23.1 Å². The van der Waals surface area contributed by atoms with Crippen LogP contribution < -0.4 is 14.2 Å². The van der Waals surface area contributed by atoms with Gasteiger partial charge in [0.1, 0.15) is 18.5 Å². The van der Waals surface area contributed by atoms with E-state index in [1.807, 2.05) is 36.4 Å². The second-order valence-corrected chi connectivity index (χ2v) is 8.30. The lowest BCUT2D eigenvalue weighted by atomic mass is 9.88. The summed E-state index contributed by atoms with van der Waals surface area (Å²) in [5, 5.41) is 0. The van der Waals surface area contributed by atoms with Crippen LogP contribution in [0.3, 0.4) is 0 Å². The fraction of sp³-hybridized carbons (Fsp3) is 0.400. The van der Waals surface area contributed by atoms with Crippen molar-refractivity contribution < 1.29 is 28.5 Å². The average molecular weight is 422 g/mol. The van der Waals surface area contributed by atoms with E-state index in [1.54, 1.807) is 14.2 Å². The van der Waals surface area contributed by atoms with E-state index in [1.165, 1.54) is 5.57 Å². The molecule has 0 spiro atoms. The van der Waals surface area contributed by atoms with Gasteiger partial charge in [0.05, 0.1) is 14.2 Å². The average Bonchev–Trinajstić information content (AvgIpc) is 3.45. The van der Waals surface area contributed by atoms with Crippen LogP contribution in [0, 0.1) is 0 Å². The zero-order valence-electron chi connectivity index (χ0n) is 18.0. The minimum absolute atomic E-state index is 0.285. The van der Waals surface area contributed by atoms with Gasteiger partial charge in [-0.05, 0) is 31.7 Å². The number of esters is 1. The van der Waals surface area contributed by atoms with Crippen molar-refractivity contribution in [2.45, 2.75) is 50.6 Å². The summed E-state index contributed by atoms with van der Waals surface area (Å²) in [5.41, 5.74) is 3.13. The molecule has 2 aliphatic heterocycles. The number of ether oxygens (including phenoxy) is 5. The third-order valence-electron chi connectivity index (χ3n) is 6.35. The predicted octanol–water partition coefficient (Wildman–Crippen LogP) is 4.30. The zero-order valence-corrected chi connectivity index (χ0v) is 18.0. The van der Waals surface area contributed by atoms with Crippen LogP contribution in [0.2, 0.25) is 0 Å². The quantitative estimate of drug-likeness (QED) is 0.407. The standard InChI is InChI=1S/C25H26O6/c1-15-8-7-11-25-23(31-25)22(30-24(25)26)20-17(12-15)21(28-3)19(13-18(20)27-2)29-14-16-9-5-4-6-10-16/h4-6,8-10,13,22-23H,7,11-12,14H2,1-3H3/b15-8-/t22-,23-,25-/m1/s1. The number of epoxide rings is 1. The second kappa shape index (κ2) is 7.61. The maximum Gasteiger partial charge on any atom is 0.342 e. The van der Waals surface area contributed by atoms with E-state index >= 15 is 0 Å². The van der Waals surface area contributed by atoms with Crippen molar-refractivity contribution in [1.82, 2.24) is 0 Å². The Morgan fingerprint density at radius 2 is 1.94 bits per heavy atom. The van der Waals surface area contributed by atoms with Crippen LogP contribution in [-0.4, -0.2) is 31.9 Å². The molecule has 3 atom stereocenters. The summed E-state index contributed by atoms with van der Waals surface area (Å²) in [5.74, 6) is 1.55. The van der Waals surface area contributed by atoms with Gasteiger partial charge in [0.2, 0.25) is 0 Å². The van der Waals surface area contributed by atoms with Crippen LogP contribution in [0.4, 0.5) is 0 Å². The lowest BCUT2D eigenvalue weighted by molar-refractivity contribution is -0.154. The predicted molar refractivity (Wildman–Crippen MR) is 113 cm³/mol. The van der Waals surface area contributed by atoms with Gasteiger partial charge in [-0.1, -0.05) is 42.0 Å². The third kappa shape index (κ3) is 3.26. The molecule has 3 aliphatic rings. The Hall–Kier alpha value is -2.99. The fourth-order valence-electron chi connectivity index (χ4n) is 4.74. The number of benzene rings is 2. The van der Waals surface area contributed by atoms with Crippen LogP contribution in [0.25, 0.3) is 0 Å². The molecule has 0 saturated carbocycles. The van der Waals surface area contributed by atoms with Gasteiger partial charge in [-0.15, -0.1) is 0 Å². The molecule has 0 N–H and O–H groups in total. The Morgan fingerprint density at radius 1 is 1.13 bits per heavy atom. The molecule has 31 heavy (non-hydrogen) atoms. The van der Waals surface area contributed by atoms with E-state index in [4.69, 9.17) is 23.7 Å². The highest BCUT2D eigenvalue weighted by Gasteiger charge is 2.73. The molecule has 2 heterocycles. The zero-order chi connectivity index (χ0) is 21.6. The van der Waals surface area contributed by atoms with Gasteiger partial charge in [0.15, 0.2) is 23.2 Å². The normalized spacial score (nSPS) is 27.8. The van der Waals surface area contributed by atoms with E-state index < -0.39 is 11.7 Å². The molecule has 2 aromatic carbocycles. The van der Waals surface area contributed by atoms with Crippen molar-refractivity contribution in [2.24, 2.45) is 0 Å². The molecule has 0 radical (unpaired) electrons. The van der Waals surface area contributed by atoms with Crippen LogP contribution in [0.15, 0.2) is 48.0 Å². The Kier molecular flexibility index (Phi) is 4.89. The van der Waals surface area contributed by atoms with Crippen molar-refractivity contribution in [3.05, 3.63) is 64.7 Å². The first kappa shape index (κ1) is 19.9. The monoisotopic (exact) mass is 422 g/mol. The van der Waals surface area contributed by atoms with Gasteiger partial charge >= 0.3 is 5.97 Å². The van der Waals surface area contributed by atoms with Gasteiger partial charge < -0.3 is 23.7 Å². The molecule has 6 heteroatoms. The molecular weight excluding hydrogens is 396 g/mol. The molecule has 5 rings (SSSR count). The summed E-state index contributed by atoms with van der Waals surface area (Å²) in [6.45, 7) is 2.49. The van der Waals surface area contributed by atoms with E-state index in [0.29, 0.717) is 36.7 Å². The Balaban J connectivity index is 1.61. The van der Waals surface area contributed by atoms with Crippen molar-refractivity contribution in [3.63, 3.8) is 0 Å². The summed E-state index contributed by atoms with van der Waals surface area (Å²) in [6.07, 6.45) is 3.40. The topological polar surface area (TPSA) is 66.5 Å². The Labute approximate surface area is 181 Å². The first-order valence-corrected chi connectivity index (χ1v) is 10.6. The molecule has 162 valence electrons. The van der Waals surface area contributed by atoms with Crippen LogP contribution in [-0.2, 0) is 27.3 Å². The first-order chi connectivity index (χ1) is 15.1. The van der Waals surface area contributed by atoms with Gasteiger partial charge in [-0.2, -0.15) is 0 Å². The fourth-order valence-corrected chi connectivity index (χ4v) is 4.74. The van der Waals surface area contributed by atoms with Crippen molar-refractivity contribution >= 4 is 5.97 Å². The molecule has 1 aliphatic carbocycles. The van der Waals surface area contributed by atoms with Gasteiger partial charge in [-0.25, -0.2) is 4.79 Å². The number of fused-ring (bicyclic) bond motifs is 2. The lowest BCUT2D eigenvalue weighted by Crippen LogP contribution is -2.22. The Bertz CT molecular complexity index is 1040. The molecule has 0 unspecified atom stereocenters. The third-order valence-corrected chi connectivity index (χ3v) is 6.35. The number of carbonyl (C=O) groups excluding carboxylic acids is 1. The number of methoxy groups -OCH3 is 2. The molecule has 0 aromatic heterocycles. The summed E-state index contributed by atoms with van der Waals surface area (Å²) >= 11 is 0. The highest BCUT2D eigenvalue weighted by atomic mass is 16.7. The second-order valence-electron chi connectivity index (χ2n) is 8.30. The van der Waals surface area contributed by atoms with Gasteiger partial charge in [0, 0.05) is 17.2 Å². The number of allylic oxidation sites excluding steroid dienone is 2. The van der Waals surface area contributed by atoms with E-state index in [9.17, 15) is 4.79 Å². The van der Waals surface area contributed by atoms with E-state index in [-0.39, 0.29) is 12.1 Å². The van der Waals surface area contributed by atoms with Gasteiger partial charge in [0.25, 0.3) is 0 Å². The molecular formula is C25H26O6. The number of carbonyl (C=O) groups is 1. The Morgan fingerprint density at radius 3 is 2.65 bits per heavy atom. The largest absolute Gasteiger partial charge is 0.496 e. The van der Waals surface area contributed by atoms with Crippen LogP contribution in [0.1, 0.15) is 42.6 Å². The molecule has 6 nitrogen and oxygen atoms in total. The number of rotatable bonds is 5. The summed E-state index contributed by atoms with van der Waals surface area (Å²) in [6, 6.07) is 11.8. The minimum Gasteiger partial charge on any atom is -0.496 e. The summed E-state index contributed by atoms with van der Waals surface area (Å²) in [4.78, 5) is 12.7. The smallest absolute Gasteiger partial charge is 0.342 e. The summed E-state index contributed by atoms with van der Waals surface area (Å²) in [7, 11) is 3.25. The van der Waals surface area contributed by atoms with Crippen molar-refractivity contribution in [1.29, 1.82) is 0 Å².